The predicted octanol–water partition coefficient (Wildman–Crippen LogP) is 22.7. The molecule has 0 aliphatic rings. The van der Waals surface area contributed by atoms with E-state index < -0.39 is 0 Å². The molecule has 366 valence electrons. The van der Waals surface area contributed by atoms with Crippen LogP contribution in [-0.2, 0) is 25.7 Å². The molecule has 0 unspecified atom stereocenters. The fraction of sp³-hybridized carbons (Fsp3) is 0.903. The molecule has 0 spiro atoms. The zero-order chi connectivity index (χ0) is 44.5. The molecule has 1 aromatic rings. The monoisotopic (exact) mass is 863 g/mol. The van der Waals surface area contributed by atoms with Crippen LogP contribution in [0, 0.1) is 0 Å². The van der Waals surface area contributed by atoms with E-state index in [-0.39, 0.29) is 0 Å². The lowest BCUT2D eigenvalue weighted by Crippen LogP contribution is -2.04. The third kappa shape index (κ3) is 39.6. The van der Waals surface area contributed by atoms with Crippen molar-refractivity contribution in [3.05, 3.63) is 34.4 Å². The second-order valence-corrected chi connectivity index (χ2v) is 20.9. The Morgan fingerprint density at radius 1 is 0.210 bits per heavy atom. The minimum atomic E-state index is 1.19. The van der Waals surface area contributed by atoms with Crippen molar-refractivity contribution >= 4 is 0 Å². The average molecular weight is 864 g/mol. The van der Waals surface area contributed by atoms with E-state index >= 15 is 0 Å². The summed E-state index contributed by atoms with van der Waals surface area (Å²) in [4.78, 5) is 0. The van der Waals surface area contributed by atoms with Gasteiger partial charge in [0.25, 0.3) is 0 Å². The maximum atomic E-state index is 2.66. The number of rotatable bonds is 52. The molecule has 0 nitrogen and oxygen atoms in total. The highest BCUT2D eigenvalue weighted by Gasteiger charge is 2.12. The molecule has 0 saturated carbocycles. The molecular formula is C62H118. The van der Waals surface area contributed by atoms with Gasteiger partial charge in [-0.1, -0.05) is 329 Å². The van der Waals surface area contributed by atoms with E-state index in [1.807, 2.05) is 0 Å². The standard InChI is InChI=1S/C62H118/c1-5-9-12-15-18-21-24-27-30-33-36-39-42-45-48-51-54-60-57-59(8-4)58-61(55-52-49-46-43-40-37-34-31-28-25-22-19-16-13-10-6-2)62(60)56-53-50-47-44-41-38-35-32-29-26-23-20-17-14-11-7-3/h57-58H,5-56H2,1-4H3. The van der Waals surface area contributed by atoms with Crippen LogP contribution in [0.5, 0.6) is 0 Å². The number of aryl methyl sites for hydroxylation is 3. The number of hydrogen-bond donors (Lipinski definition) is 0. The summed E-state index contributed by atoms with van der Waals surface area (Å²) in [6, 6.07) is 5.31. The lowest BCUT2D eigenvalue weighted by atomic mass is 9.87. The van der Waals surface area contributed by atoms with Gasteiger partial charge in [-0.25, -0.2) is 0 Å². The van der Waals surface area contributed by atoms with E-state index in [9.17, 15) is 0 Å². The van der Waals surface area contributed by atoms with E-state index in [1.54, 1.807) is 22.3 Å². The van der Waals surface area contributed by atoms with Gasteiger partial charge >= 0.3 is 0 Å². The van der Waals surface area contributed by atoms with Crippen LogP contribution >= 0.6 is 0 Å². The van der Waals surface area contributed by atoms with Crippen molar-refractivity contribution in [1.29, 1.82) is 0 Å². The van der Waals surface area contributed by atoms with E-state index in [0.717, 1.165) is 0 Å². The molecule has 62 heavy (non-hydrogen) atoms. The molecule has 0 heteroatoms. The molecule has 0 aromatic heterocycles. The molecule has 0 amide bonds. The zero-order valence-corrected chi connectivity index (χ0v) is 43.9. The first-order valence-corrected chi connectivity index (χ1v) is 29.9. The summed E-state index contributed by atoms with van der Waals surface area (Å²) < 4.78 is 0. The quantitative estimate of drug-likeness (QED) is 0.0573. The Labute approximate surface area is 394 Å². The Bertz CT molecular complexity index is 931. The zero-order valence-electron chi connectivity index (χ0n) is 43.9. The molecule has 0 atom stereocenters. The van der Waals surface area contributed by atoms with Crippen LogP contribution in [0.15, 0.2) is 12.1 Å². The van der Waals surface area contributed by atoms with Crippen molar-refractivity contribution in [2.24, 2.45) is 0 Å². The van der Waals surface area contributed by atoms with Crippen LogP contribution in [0.1, 0.15) is 358 Å². The molecule has 0 fully saturated rings. The van der Waals surface area contributed by atoms with Crippen LogP contribution in [0.3, 0.4) is 0 Å². The van der Waals surface area contributed by atoms with Crippen LogP contribution < -0.4 is 0 Å². The fourth-order valence-corrected chi connectivity index (χ4v) is 10.4. The van der Waals surface area contributed by atoms with Crippen molar-refractivity contribution in [3.63, 3.8) is 0 Å². The van der Waals surface area contributed by atoms with E-state index in [1.165, 1.54) is 334 Å². The first kappa shape index (κ1) is 59.2. The summed E-state index contributed by atoms with van der Waals surface area (Å²) in [7, 11) is 0. The van der Waals surface area contributed by atoms with Crippen molar-refractivity contribution in [3.8, 4) is 0 Å². The highest BCUT2D eigenvalue weighted by Crippen LogP contribution is 2.26. The van der Waals surface area contributed by atoms with Gasteiger partial charge in [0.1, 0.15) is 0 Å². The van der Waals surface area contributed by atoms with Gasteiger partial charge in [0.15, 0.2) is 0 Å². The smallest absolute Gasteiger partial charge is 0.0273 e. The highest BCUT2D eigenvalue weighted by atomic mass is 14.2. The minimum Gasteiger partial charge on any atom is -0.0654 e. The fourth-order valence-electron chi connectivity index (χ4n) is 10.4. The molecule has 0 radical (unpaired) electrons. The molecule has 1 rings (SSSR count). The Hall–Kier alpha value is -0.780. The largest absolute Gasteiger partial charge is 0.0654 e. The topological polar surface area (TPSA) is 0 Å². The first-order chi connectivity index (χ1) is 30.8. The highest BCUT2D eigenvalue weighted by molar-refractivity contribution is 5.40. The van der Waals surface area contributed by atoms with Crippen LogP contribution in [-0.4, -0.2) is 0 Å². The summed E-state index contributed by atoms with van der Waals surface area (Å²) >= 11 is 0. The van der Waals surface area contributed by atoms with Gasteiger partial charge < -0.3 is 0 Å². The van der Waals surface area contributed by atoms with Gasteiger partial charge in [-0.2, -0.15) is 0 Å². The van der Waals surface area contributed by atoms with Gasteiger partial charge in [-0.3, -0.25) is 0 Å². The van der Waals surface area contributed by atoms with Crippen molar-refractivity contribution in [2.75, 3.05) is 0 Å². The second kappa shape index (κ2) is 49.6. The Morgan fingerprint density at radius 3 is 0.581 bits per heavy atom. The third-order valence-electron chi connectivity index (χ3n) is 14.8. The van der Waals surface area contributed by atoms with Gasteiger partial charge in [0.05, 0.1) is 0 Å². The lowest BCUT2D eigenvalue weighted by molar-refractivity contribution is 0.527. The number of unbranched alkanes of at least 4 members (excludes halogenated alkanes) is 45. The summed E-state index contributed by atoms with van der Waals surface area (Å²) in [5, 5.41) is 0. The van der Waals surface area contributed by atoms with E-state index in [4.69, 9.17) is 0 Å². The van der Waals surface area contributed by atoms with Crippen molar-refractivity contribution < 1.29 is 0 Å². The maximum Gasteiger partial charge on any atom is -0.0273 e. The number of hydrogen-bond acceptors (Lipinski definition) is 0. The average Bonchev–Trinajstić information content (AvgIpc) is 3.28. The Morgan fingerprint density at radius 2 is 0.387 bits per heavy atom. The first-order valence-electron chi connectivity index (χ1n) is 29.9. The molecule has 0 aliphatic heterocycles. The molecule has 0 heterocycles. The molecule has 0 bridgehead atoms. The summed E-state index contributed by atoms with van der Waals surface area (Å²) in [5.41, 5.74) is 6.91. The lowest BCUT2D eigenvalue weighted by Gasteiger charge is -2.18. The van der Waals surface area contributed by atoms with Crippen molar-refractivity contribution in [2.45, 2.75) is 362 Å². The molecule has 0 saturated heterocycles. The molecule has 1 aromatic carbocycles. The van der Waals surface area contributed by atoms with Gasteiger partial charge in [0.2, 0.25) is 0 Å². The predicted molar refractivity (Wildman–Crippen MR) is 286 cm³/mol. The van der Waals surface area contributed by atoms with E-state index in [2.05, 4.69) is 39.8 Å². The third-order valence-corrected chi connectivity index (χ3v) is 14.8. The summed E-state index contributed by atoms with van der Waals surface area (Å²) in [6.07, 6.45) is 75.1. The van der Waals surface area contributed by atoms with Gasteiger partial charge in [0, 0.05) is 0 Å². The van der Waals surface area contributed by atoms with Gasteiger partial charge in [-0.15, -0.1) is 0 Å². The number of benzene rings is 1. The maximum absolute atomic E-state index is 2.66. The molecule has 0 N–H and O–H groups in total. The Kier molecular flexibility index (Phi) is 47.4. The van der Waals surface area contributed by atoms with Crippen LogP contribution in [0.4, 0.5) is 0 Å². The van der Waals surface area contributed by atoms with Crippen LogP contribution in [0.25, 0.3) is 0 Å². The summed E-state index contributed by atoms with van der Waals surface area (Å²) in [5.74, 6) is 0. The SMILES string of the molecule is CCCCCCCCCCCCCCCCCCc1cc(CC)cc(CCCCCCCCCCCCCCCCCC)c1CCCCCCCCCCCCCCCCCC. The van der Waals surface area contributed by atoms with E-state index in [0.29, 0.717) is 0 Å². The van der Waals surface area contributed by atoms with Crippen molar-refractivity contribution in [1.82, 2.24) is 0 Å². The Balaban J connectivity index is 2.42. The second-order valence-electron chi connectivity index (χ2n) is 20.9. The van der Waals surface area contributed by atoms with Crippen LogP contribution in [0.2, 0.25) is 0 Å². The molecule has 0 aliphatic carbocycles. The molecular weight excluding hydrogens is 745 g/mol. The van der Waals surface area contributed by atoms with Gasteiger partial charge in [-0.05, 0) is 67.2 Å². The normalized spacial score (nSPS) is 11.7. The summed E-state index contributed by atoms with van der Waals surface area (Å²) in [6.45, 7) is 9.35. The minimum absolute atomic E-state index is 1.19.